The van der Waals surface area contributed by atoms with E-state index in [0.717, 1.165) is 16.9 Å². The number of rotatable bonds is 4. The summed E-state index contributed by atoms with van der Waals surface area (Å²) in [5.74, 6) is 1.37. The number of carbonyl (C=O) groups is 1. The molecule has 182 valence electrons. The van der Waals surface area contributed by atoms with Gasteiger partial charge in [-0.15, -0.1) is 0 Å². The molecule has 0 radical (unpaired) electrons. The Hall–Kier alpha value is -2.78. The Kier molecular flexibility index (Phi) is 8.96. The molecule has 0 aliphatic heterocycles. The molecule has 0 saturated heterocycles. The van der Waals surface area contributed by atoms with E-state index in [9.17, 15) is 4.79 Å². The summed E-state index contributed by atoms with van der Waals surface area (Å²) >= 11 is 6.20. The van der Waals surface area contributed by atoms with Gasteiger partial charge in [0.1, 0.15) is 11.5 Å². The number of ether oxygens (including phenoxy) is 2. The summed E-state index contributed by atoms with van der Waals surface area (Å²) < 4.78 is 10.4. The summed E-state index contributed by atoms with van der Waals surface area (Å²) in [7, 11) is 3.26. The smallest absolute Gasteiger partial charge is 0.198 e. The molecule has 0 fully saturated rings. The third-order valence-electron chi connectivity index (χ3n) is 5.63. The monoisotopic (exact) mass is 480 g/mol. The van der Waals surface area contributed by atoms with Crippen molar-refractivity contribution in [1.29, 1.82) is 0 Å². The average molecular weight is 481 g/mol. The first-order valence-electron chi connectivity index (χ1n) is 11.4. The molecular formula is C30H37ClO3. The highest BCUT2D eigenvalue weighted by Gasteiger charge is 2.21. The Balaban J connectivity index is 0.000000287. The molecule has 0 amide bonds. The lowest BCUT2D eigenvalue weighted by Gasteiger charge is -2.21. The maximum absolute atomic E-state index is 12.9. The van der Waals surface area contributed by atoms with Gasteiger partial charge in [0.15, 0.2) is 5.78 Å². The number of hydrogen-bond acceptors (Lipinski definition) is 3. The summed E-state index contributed by atoms with van der Waals surface area (Å²) in [4.78, 5) is 12.9. The Morgan fingerprint density at radius 1 is 0.706 bits per heavy atom. The van der Waals surface area contributed by atoms with Gasteiger partial charge in [0.05, 0.1) is 24.8 Å². The normalized spacial score (nSPS) is 11.4. The van der Waals surface area contributed by atoms with Gasteiger partial charge in [-0.3, -0.25) is 4.79 Å². The summed E-state index contributed by atoms with van der Waals surface area (Å²) in [5, 5.41) is 0.457. The van der Waals surface area contributed by atoms with Crippen molar-refractivity contribution in [2.24, 2.45) is 0 Å². The Morgan fingerprint density at radius 2 is 1.26 bits per heavy atom. The first-order chi connectivity index (χ1) is 15.8. The molecule has 0 bridgehead atoms. The van der Waals surface area contributed by atoms with Crippen LogP contribution in [0.2, 0.25) is 5.02 Å². The van der Waals surface area contributed by atoms with E-state index in [0.29, 0.717) is 21.9 Å². The predicted octanol–water partition coefficient (Wildman–Crippen LogP) is 8.18. The van der Waals surface area contributed by atoms with Crippen LogP contribution in [0.3, 0.4) is 0 Å². The molecule has 0 N–H and O–H groups in total. The van der Waals surface area contributed by atoms with Gasteiger partial charge in [0.2, 0.25) is 0 Å². The Morgan fingerprint density at radius 3 is 1.76 bits per heavy atom. The molecular weight excluding hydrogens is 444 g/mol. The van der Waals surface area contributed by atoms with E-state index < -0.39 is 0 Å². The molecule has 0 aliphatic carbocycles. The molecule has 0 atom stereocenters. The number of methoxy groups -OCH3 is 2. The third kappa shape index (κ3) is 7.11. The highest BCUT2D eigenvalue weighted by atomic mass is 35.5. The highest BCUT2D eigenvalue weighted by Crippen LogP contribution is 2.31. The van der Waals surface area contributed by atoms with Crippen LogP contribution in [0.15, 0.2) is 60.7 Å². The summed E-state index contributed by atoms with van der Waals surface area (Å²) in [6.45, 7) is 14.9. The van der Waals surface area contributed by atoms with Gasteiger partial charge in [0.25, 0.3) is 0 Å². The minimum absolute atomic E-state index is 0.0439. The number of aryl methyl sites for hydroxylation is 1. The minimum atomic E-state index is -0.114. The lowest BCUT2D eigenvalue weighted by atomic mass is 9.85. The van der Waals surface area contributed by atoms with Crippen molar-refractivity contribution in [3.8, 4) is 11.5 Å². The SMILES string of the molecule is COc1ccc(C(C)(C)C)cc1.COc1ccc(C(C)(C)C)cc1C(=O)c1cc(C)ccc1Cl. The second-order valence-electron chi connectivity index (χ2n) is 10.5. The lowest BCUT2D eigenvalue weighted by molar-refractivity contribution is 0.103. The van der Waals surface area contributed by atoms with Gasteiger partial charge in [-0.05, 0) is 65.3 Å². The Bertz CT molecular complexity index is 1120. The number of halogens is 1. The van der Waals surface area contributed by atoms with E-state index in [1.807, 2.05) is 49.4 Å². The summed E-state index contributed by atoms with van der Waals surface area (Å²) in [6, 6.07) is 19.4. The largest absolute Gasteiger partial charge is 0.497 e. The second-order valence-corrected chi connectivity index (χ2v) is 10.9. The van der Waals surface area contributed by atoms with Crippen LogP contribution >= 0.6 is 11.6 Å². The molecule has 0 aliphatic rings. The van der Waals surface area contributed by atoms with Crippen molar-refractivity contribution in [3.63, 3.8) is 0 Å². The zero-order valence-corrected chi connectivity index (χ0v) is 22.6. The molecule has 0 heterocycles. The van der Waals surface area contributed by atoms with Crippen molar-refractivity contribution in [2.45, 2.75) is 59.3 Å². The van der Waals surface area contributed by atoms with E-state index in [4.69, 9.17) is 21.1 Å². The molecule has 3 nitrogen and oxygen atoms in total. The summed E-state index contributed by atoms with van der Waals surface area (Å²) in [6.07, 6.45) is 0. The van der Waals surface area contributed by atoms with Gasteiger partial charge in [-0.2, -0.15) is 0 Å². The number of ketones is 1. The standard InChI is InChI=1S/C19H21ClO2.C11H16O/c1-12-6-8-16(20)14(10-12)18(21)15-11-13(19(2,3)4)7-9-17(15)22-5;1-11(2,3)9-5-7-10(12-4)8-6-9/h6-11H,1-5H3;5-8H,1-4H3. The van der Waals surface area contributed by atoms with Gasteiger partial charge in [-0.1, -0.05) is 83.0 Å². The van der Waals surface area contributed by atoms with Gasteiger partial charge in [0, 0.05) is 5.56 Å². The molecule has 0 saturated carbocycles. The first kappa shape index (κ1) is 27.5. The zero-order chi connectivity index (χ0) is 25.7. The van der Waals surface area contributed by atoms with Crippen LogP contribution in [-0.2, 0) is 10.8 Å². The summed E-state index contributed by atoms with van der Waals surface area (Å²) in [5.41, 5.74) is 4.65. The fourth-order valence-electron chi connectivity index (χ4n) is 3.40. The van der Waals surface area contributed by atoms with E-state index in [1.54, 1.807) is 20.3 Å². The van der Waals surface area contributed by atoms with Crippen LogP contribution in [0.5, 0.6) is 11.5 Å². The maximum Gasteiger partial charge on any atom is 0.198 e. The van der Waals surface area contributed by atoms with Crippen molar-refractivity contribution >= 4 is 17.4 Å². The number of hydrogen-bond donors (Lipinski definition) is 0. The van der Waals surface area contributed by atoms with E-state index in [1.165, 1.54) is 5.56 Å². The topological polar surface area (TPSA) is 35.5 Å². The number of carbonyl (C=O) groups excluding carboxylic acids is 1. The van der Waals surface area contributed by atoms with Crippen LogP contribution in [0.4, 0.5) is 0 Å². The lowest BCUT2D eigenvalue weighted by Crippen LogP contribution is -2.13. The van der Waals surface area contributed by atoms with Crippen LogP contribution in [0, 0.1) is 6.92 Å². The first-order valence-corrected chi connectivity index (χ1v) is 11.8. The second kappa shape index (κ2) is 11.1. The van der Waals surface area contributed by atoms with Crippen LogP contribution < -0.4 is 9.47 Å². The van der Waals surface area contributed by atoms with Crippen molar-refractivity contribution in [3.05, 3.63) is 93.5 Å². The van der Waals surface area contributed by atoms with Crippen LogP contribution in [0.1, 0.15) is 74.2 Å². The van der Waals surface area contributed by atoms with Crippen molar-refractivity contribution in [1.82, 2.24) is 0 Å². The molecule has 3 aromatic rings. The highest BCUT2D eigenvalue weighted by molar-refractivity contribution is 6.35. The molecule has 3 aromatic carbocycles. The van der Waals surface area contributed by atoms with E-state index >= 15 is 0 Å². The zero-order valence-electron chi connectivity index (χ0n) is 21.9. The maximum atomic E-state index is 12.9. The van der Waals surface area contributed by atoms with Crippen molar-refractivity contribution < 1.29 is 14.3 Å². The molecule has 0 unspecified atom stereocenters. The minimum Gasteiger partial charge on any atom is -0.497 e. The van der Waals surface area contributed by atoms with E-state index in [2.05, 4.69) is 53.7 Å². The molecule has 34 heavy (non-hydrogen) atoms. The van der Waals surface area contributed by atoms with Gasteiger partial charge < -0.3 is 9.47 Å². The quantitative estimate of drug-likeness (QED) is 0.353. The van der Waals surface area contributed by atoms with Crippen LogP contribution in [-0.4, -0.2) is 20.0 Å². The molecule has 3 rings (SSSR count). The molecule has 0 spiro atoms. The number of benzene rings is 3. The van der Waals surface area contributed by atoms with Crippen LogP contribution in [0.25, 0.3) is 0 Å². The van der Waals surface area contributed by atoms with E-state index in [-0.39, 0.29) is 16.6 Å². The fourth-order valence-corrected chi connectivity index (χ4v) is 3.60. The molecule has 4 heteroatoms. The third-order valence-corrected chi connectivity index (χ3v) is 5.96. The average Bonchev–Trinajstić information content (AvgIpc) is 2.79. The van der Waals surface area contributed by atoms with Gasteiger partial charge in [-0.25, -0.2) is 0 Å². The predicted molar refractivity (Wildman–Crippen MR) is 143 cm³/mol. The fraction of sp³-hybridized carbons (Fsp3) is 0.367. The molecule has 0 aromatic heterocycles. The van der Waals surface area contributed by atoms with Gasteiger partial charge >= 0.3 is 0 Å². The Labute approximate surface area is 210 Å². The van der Waals surface area contributed by atoms with Crippen molar-refractivity contribution in [2.75, 3.05) is 14.2 Å².